The molecule has 438 valence electrons. The first-order valence-corrected chi connectivity index (χ1v) is 29.3. The van der Waals surface area contributed by atoms with E-state index in [0.29, 0.717) is 18.7 Å². The molecule has 0 atom stereocenters. The van der Waals surface area contributed by atoms with E-state index in [9.17, 15) is 9.59 Å². The van der Waals surface area contributed by atoms with Gasteiger partial charge in [-0.1, -0.05) is 133 Å². The summed E-state index contributed by atoms with van der Waals surface area (Å²) in [5.41, 5.74) is 3.49. The summed E-state index contributed by atoms with van der Waals surface area (Å²) in [4.78, 5) is 24.7. The Labute approximate surface area is 560 Å². The number of urea groups is 2. The van der Waals surface area contributed by atoms with Gasteiger partial charge in [-0.15, -0.1) is 0 Å². The summed E-state index contributed by atoms with van der Waals surface area (Å²) in [6.07, 6.45) is 21.8. The second-order valence-electron chi connectivity index (χ2n) is 17.7. The Kier molecular flexibility index (Phi) is 49.0. The third-order valence-electron chi connectivity index (χ3n) is 10.7. The van der Waals surface area contributed by atoms with Crippen LogP contribution in [-0.2, 0) is 6.42 Å². The highest BCUT2D eigenvalue weighted by atomic mass is 16.2. The van der Waals surface area contributed by atoms with Gasteiger partial charge in [-0.2, -0.15) is 0 Å². The van der Waals surface area contributed by atoms with Crippen LogP contribution in [0, 0.1) is 320 Å². The average molecular weight is 1200 g/mol. The van der Waals surface area contributed by atoms with Gasteiger partial charge in [-0.25, -0.2) is 9.59 Å². The monoisotopic (exact) mass is 1200 g/mol. The largest absolute Gasteiger partial charge is 0.338 e. The molecule has 94 heavy (non-hydrogen) atoms. The van der Waals surface area contributed by atoms with E-state index < -0.39 is 6.03 Å². The predicted molar refractivity (Wildman–Crippen MR) is 380 cm³/mol. The molecular weight excluding hydrogens is 1140 g/mol. The first kappa shape index (κ1) is 75.2. The van der Waals surface area contributed by atoms with Gasteiger partial charge in [0.25, 0.3) is 0 Å². The van der Waals surface area contributed by atoms with Crippen molar-refractivity contribution in [3.63, 3.8) is 0 Å². The Balaban J connectivity index is 1.58. The molecule has 4 N–H and O–H groups in total. The summed E-state index contributed by atoms with van der Waals surface area (Å²) in [6, 6.07) is 17.0. The summed E-state index contributed by atoms with van der Waals surface area (Å²) in [5, 5.41) is 11.0. The van der Waals surface area contributed by atoms with Gasteiger partial charge in [0, 0.05) is 284 Å². The SMILES string of the molecule is CC#CC#CC#CC#CC#CC#CC#CC#CC#CC#CC#CC#CC#CC#CC#CC#CC#CC#CC#CC#CC#CC#CC#CC#CC#CC#CC#CNC(=O)Nc1ccc(Cc2ccc(NC(=O)NCCCCCCCCCCCCCCCCCC)cc2)cc1. The number of anilines is 2. The molecule has 0 spiro atoms. The van der Waals surface area contributed by atoms with E-state index in [1.165, 1.54) is 89.9 Å². The number of hydrogen-bond donors (Lipinski definition) is 4. The molecule has 0 aliphatic rings. The normalized spacial score (nSPS) is 6.87. The summed E-state index contributed by atoms with van der Waals surface area (Å²) in [5.74, 6) is 133. The van der Waals surface area contributed by atoms with Crippen LogP contribution >= 0.6 is 0 Å². The zero-order valence-electron chi connectivity index (χ0n) is 52.2. The summed E-state index contributed by atoms with van der Waals surface area (Å²) in [6.45, 7) is 4.63. The lowest BCUT2D eigenvalue weighted by atomic mass is 10.0. The van der Waals surface area contributed by atoms with Gasteiger partial charge >= 0.3 is 12.1 Å². The number of amides is 4. The molecule has 0 aliphatic carbocycles. The number of nitrogens with one attached hydrogen (secondary N) is 4. The Morgan fingerprint density at radius 1 is 0.266 bits per heavy atom. The van der Waals surface area contributed by atoms with Crippen LogP contribution in [0.4, 0.5) is 21.0 Å². The van der Waals surface area contributed by atoms with Gasteiger partial charge in [0.15, 0.2) is 0 Å². The summed E-state index contributed by atoms with van der Waals surface area (Å²) < 4.78 is 0. The second-order valence-corrected chi connectivity index (χ2v) is 17.7. The lowest BCUT2D eigenvalue weighted by Crippen LogP contribution is -2.29. The summed E-state index contributed by atoms with van der Waals surface area (Å²) >= 11 is 0. The molecule has 6 heteroatoms. The van der Waals surface area contributed by atoms with Crippen molar-refractivity contribution in [3.05, 3.63) is 59.7 Å². The molecule has 2 aromatic rings. The van der Waals surface area contributed by atoms with Crippen molar-refractivity contribution >= 4 is 23.4 Å². The Morgan fingerprint density at radius 3 is 0.723 bits per heavy atom. The van der Waals surface area contributed by atoms with E-state index in [2.05, 4.69) is 348 Å². The molecule has 0 fully saturated rings. The lowest BCUT2D eigenvalue weighted by Gasteiger charge is -2.09. The van der Waals surface area contributed by atoms with Crippen molar-refractivity contribution in [2.45, 2.75) is 123 Å². The molecule has 0 saturated carbocycles. The van der Waals surface area contributed by atoms with Crippen molar-refractivity contribution in [2.75, 3.05) is 17.2 Å². The van der Waals surface area contributed by atoms with Crippen LogP contribution in [0.1, 0.15) is 128 Å². The molecule has 0 radical (unpaired) electrons. The van der Waals surface area contributed by atoms with Crippen LogP contribution in [0.5, 0.6) is 0 Å². The molecule has 4 amide bonds. The van der Waals surface area contributed by atoms with Crippen LogP contribution in [-0.4, -0.2) is 18.6 Å². The Bertz CT molecular complexity index is 4910. The minimum Gasteiger partial charge on any atom is -0.338 e. The van der Waals surface area contributed by atoms with Crippen LogP contribution < -0.4 is 21.3 Å². The highest BCUT2D eigenvalue weighted by Crippen LogP contribution is 2.17. The minimum atomic E-state index is -0.509. The molecule has 0 saturated heterocycles. The number of benzene rings is 2. The average Bonchev–Trinajstić information content (AvgIpc) is 1.18. The standard InChI is InChI=1S/C88H54N4O2/c1-3-5-7-9-11-13-15-17-19-21-22-23-24-25-26-27-28-29-30-31-32-33-34-35-36-37-38-39-40-41-42-43-44-45-46-47-48-49-50-51-52-53-54-55-56-57-59-61-63-65-67-69-71-81-90-88(94)92-86-78-74-84(75-79-86)82-83-72-76-85(77-73-83)91-87(93)89-80-70-68-66-64-62-60-58-20-18-16-14-12-10-8-6-4-2/h72-79H,4,6,8,10,12,14,16,18,20,58,60,62,64,66,68,70,80,82H2,1-2H3,(H2,89,91,93)(H2,90,92,94). The molecule has 0 aliphatic heterocycles. The van der Waals surface area contributed by atoms with Crippen molar-refractivity contribution in [1.29, 1.82) is 0 Å². The van der Waals surface area contributed by atoms with Crippen LogP contribution in [0.15, 0.2) is 48.5 Å². The van der Waals surface area contributed by atoms with Crippen LogP contribution in [0.3, 0.4) is 0 Å². The van der Waals surface area contributed by atoms with Crippen molar-refractivity contribution in [3.8, 4) is 320 Å². The number of carbonyl (C=O) groups is 2. The van der Waals surface area contributed by atoms with Gasteiger partial charge in [0.05, 0.1) is 0 Å². The molecule has 0 unspecified atom stereocenters. The van der Waals surface area contributed by atoms with Crippen LogP contribution in [0.2, 0.25) is 0 Å². The van der Waals surface area contributed by atoms with Gasteiger partial charge in [-0.05, 0) is 103 Å². The highest BCUT2D eigenvalue weighted by Gasteiger charge is 2.04. The first-order valence-electron chi connectivity index (χ1n) is 29.3. The molecule has 0 heterocycles. The maximum atomic E-state index is 12.4. The fraction of sp³-hybridized carbons (Fsp3) is 0.227. The van der Waals surface area contributed by atoms with E-state index in [4.69, 9.17) is 0 Å². The molecule has 2 aromatic carbocycles. The zero-order chi connectivity index (χ0) is 66.9. The maximum Gasteiger partial charge on any atom is 0.330 e. The van der Waals surface area contributed by atoms with E-state index in [-0.39, 0.29) is 6.03 Å². The maximum absolute atomic E-state index is 12.4. The van der Waals surface area contributed by atoms with E-state index in [0.717, 1.165) is 29.7 Å². The quantitative estimate of drug-likeness (QED) is 0.0571. The van der Waals surface area contributed by atoms with E-state index >= 15 is 0 Å². The first-order chi connectivity index (χ1) is 46.6. The fourth-order valence-electron chi connectivity index (χ4n) is 6.60. The number of carbonyl (C=O) groups excluding carboxylic acids is 2. The smallest absolute Gasteiger partial charge is 0.330 e. The third-order valence-corrected chi connectivity index (χ3v) is 10.7. The number of rotatable bonds is 21. The molecular formula is C88H54N4O2. The van der Waals surface area contributed by atoms with Crippen molar-refractivity contribution < 1.29 is 9.59 Å². The summed E-state index contributed by atoms with van der Waals surface area (Å²) in [7, 11) is 0. The zero-order valence-corrected chi connectivity index (χ0v) is 52.2. The lowest BCUT2D eigenvalue weighted by molar-refractivity contribution is 0.251. The van der Waals surface area contributed by atoms with Crippen molar-refractivity contribution in [2.24, 2.45) is 0 Å². The van der Waals surface area contributed by atoms with Gasteiger partial charge in [-0.3, -0.25) is 5.32 Å². The van der Waals surface area contributed by atoms with E-state index in [1.807, 2.05) is 48.5 Å². The molecule has 0 aromatic heterocycles. The molecule has 6 nitrogen and oxygen atoms in total. The van der Waals surface area contributed by atoms with Gasteiger partial charge < -0.3 is 16.0 Å². The Morgan fingerprint density at radius 2 is 0.479 bits per heavy atom. The minimum absolute atomic E-state index is 0.189. The van der Waals surface area contributed by atoms with Gasteiger partial charge in [0.1, 0.15) is 0 Å². The molecule has 0 bridgehead atoms. The fourth-order valence-corrected chi connectivity index (χ4v) is 6.60. The number of unbranched alkanes of at least 4 members (excludes halogenated alkanes) is 15. The number of hydrogen-bond acceptors (Lipinski definition) is 2. The van der Waals surface area contributed by atoms with E-state index in [1.54, 1.807) is 6.92 Å². The van der Waals surface area contributed by atoms with Crippen LogP contribution in [0.25, 0.3) is 0 Å². The third kappa shape index (κ3) is 52.6. The highest BCUT2D eigenvalue weighted by molar-refractivity contribution is 5.90. The predicted octanol–water partition coefficient (Wildman–Crippen LogP) is 9.85. The second kappa shape index (κ2) is 61.2. The van der Waals surface area contributed by atoms with Gasteiger partial charge in [0.2, 0.25) is 0 Å². The van der Waals surface area contributed by atoms with Crippen molar-refractivity contribution in [1.82, 2.24) is 10.6 Å². The molecule has 2 rings (SSSR count). The topological polar surface area (TPSA) is 82.3 Å². The Hall–Kier alpha value is -14.9.